The van der Waals surface area contributed by atoms with Crippen LogP contribution in [-0.2, 0) is 14.3 Å². The van der Waals surface area contributed by atoms with Gasteiger partial charge in [-0.05, 0) is 72.8 Å². The number of pyridine rings is 1. The Morgan fingerprint density at radius 1 is 0.977 bits per heavy atom. The maximum Gasteiger partial charge on any atom is 0.338 e. The molecule has 8 nitrogen and oxygen atoms in total. The molecule has 2 amide bonds. The van der Waals surface area contributed by atoms with Crippen LogP contribution in [0, 0.1) is 17.1 Å². The first kappa shape index (κ1) is 29.9. The lowest BCUT2D eigenvalue weighted by Crippen LogP contribution is -2.31. The fourth-order valence-electron chi connectivity index (χ4n) is 4.21. The summed E-state index contributed by atoms with van der Waals surface area (Å²) >= 11 is 13.2. The number of esters is 1. The van der Waals surface area contributed by atoms with E-state index in [1.54, 1.807) is 30.3 Å². The molecule has 1 atom stereocenters. The van der Waals surface area contributed by atoms with Crippen molar-refractivity contribution in [1.29, 1.82) is 5.26 Å². The number of aromatic nitrogens is 1. The van der Waals surface area contributed by atoms with Gasteiger partial charge in [0.2, 0.25) is 11.8 Å². The lowest BCUT2D eigenvalue weighted by atomic mass is 10.1. The van der Waals surface area contributed by atoms with E-state index in [4.69, 9.17) is 27.9 Å². The standard InChI is InChI=1S/C31H18Cl2FN3O5S/c32-23-11-5-19(13-24(23)33)25-12-6-20(15-35)29(36-25)43-27-14-28(39)37(30(27)40)22-9-3-18(4-10-22)31(41)42-16-26(38)17-1-7-21(34)8-2-17/h1-13,27H,14,16H2. The molecule has 4 aromatic rings. The van der Waals surface area contributed by atoms with Crippen LogP contribution in [0.1, 0.15) is 32.7 Å². The van der Waals surface area contributed by atoms with Gasteiger partial charge >= 0.3 is 5.97 Å². The van der Waals surface area contributed by atoms with Gasteiger partial charge < -0.3 is 4.74 Å². The molecule has 1 aromatic heterocycles. The zero-order chi connectivity index (χ0) is 30.7. The first-order chi connectivity index (χ1) is 20.6. The average Bonchev–Trinajstić information content (AvgIpc) is 3.29. The van der Waals surface area contributed by atoms with Crippen LogP contribution in [0.3, 0.4) is 0 Å². The van der Waals surface area contributed by atoms with Crippen molar-refractivity contribution < 1.29 is 28.3 Å². The van der Waals surface area contributed by atoms with Crippen LogP contribution in [0.15, 0.2) is 83.9 Å². The quantitative estimate of drug-likeness (QED) is 0.122. The van der Waals surface area contributed by atoms with Crippen molar-refractivity contribution in [3.63, 3.8) is 0 Å². The van der Waals surface area contributed by atoms with Crippen LogP contribution >= 0.6 is 35.0 Å². The highest BCUT2D eigenvalue weighted by Crippen LogP contribution is 2.36. The first-order valence-electron chi connectivity index (χ1n) is 12.6. The number of carbonyl (C=O) groups excluding carboxylic acids is 4. The smallest absolute Gasteiger partial charge is 0.338 e. The Hall–Kier alpha value is -4.56. The molecule has 43 heavy (non-hydrogen) atoms. The number of nitrogens with zero attached hydrogens (tertiary/aromatic N) is 3. The Bertz CT molecular complexity index is 1810. The normalized spacial score (nSPS) is 14.5. The van der Waals surface area contributed by atoms with Crippen LogP contribution in [0.2, 0.25) is 10.0 Å². The number of hydrogen-bond acceptors (Lipinski definition) is 8. The molecule has 2 heterocycles. The Morgan fingerprint density at radius 3 is 2.35 bits per heavy atom. The maximum absolute atomic E-state index is 13.3. The van der Waals surface area contributed by atoms with Crippen molar-refractivity contribution >= 4 is 64.2 Å². The minimum absolute atomic E-state index is 0.0997. The van der Waals surface area contributed by atoms with Gasteiger partial charge in [-0.25, -0.2) is 19.1 Å². The summed E-state index contributed by atoms with van der Waals surface area (Å²) in [5, 5.41) is 9.78. The molecule has 0 N–H and O–H groups in total. The van der Waals surface area contributed by atoms with Gasteiger partial charge in [-0.3, -0.25) is 14.4 Å². The summed E-state index contributed by atoms with van der Waals surface area (Å²) in [5.74, 6) is -2.74. The monoisotopic (exact) mass is 633 g/mol. The molecule has 0 spiro atoms. The number of carbonyl (C=O) groups is 4. The zero-order valence-electron chi connectivity index (χ0n) is 21.9. The van der Waals surface area contributed by atoms with Crippen LogP contribution in [0.5, 0.6) is 0 Å². The van der Waals surface area contributed by atoms with Crippen molar-refractivity contribution in [2.45, 2.75) is 16.7 Å². The van der Waals surface area contributed by atoms with Crippen LogP contribution in [-0.4, -0.2) is 40.4 Å². The molecule has 5 rings (SSSR count). The highest BCUT2D eigenvalue weighted by atomic mass is 35.5. The molecule has 1 fully saturated rings. The highest BCUT2D eigenvalue weighted by Gasteiger charge is 2.41. The number of rotatable bonds is 8. The van der Waals surface area contributed by atoms with E-state index in [0.717, 1.165) is 28.8 Å². The van der Waals surface area contributed by atoms with Gasteiger partial charge in [-0.1, -0.05) is 41.0 Å². The third-order valence-corrected chi connectivity index (χ3v) is 8.34. The van der Waals surface area contributed by atoms with E-state index in [0.29, 0.717) is 21.3 Å². The summed E-state index contributed by atoms with van der Waals surface area (Å²) in [5.41, 5.74) is 1.96. The van der Waals surface area contributed by atoms with E-state index in [-0.39, 0.29) is 33.8 Å². The minimum atomic E-state index is -0.835. The van der Waals surface area contributed by atoms with Gasteiger partial charge in [0.1, 0.15) is 16.9 Å². The van der Waals surface area contributed by atoms with E-state index < -0.39 is 41.2 Å². The molecule has 0 bridgehead atoms. The lowest BCUT2D eigenvalue weighted by Gasteiger charge is -2.15. The fraction of sp³-hybridized carbons (Fsp3) is 0.0968. The van der Waals surface area contributed by atoms with Gasteiger partial charge in [0, 0.05) is 17.5 Å². The summed E-state index contributed by atoms with van der Waals surface area (Å²) in [7, 11) is 0. The topological polar surface area (TPSA) is 117 Å². The number of hydrogen-bond donors (Lipinski definition) is 0. The number of imide groups is 1. The molecule has 1 aliphatic heterocycles. The third-order valence-electron chi connectivity index (χ3n) is 6.42. The Morgan fingerprint density at radius 2 is 1.67 bits per heavy atom. The molecule has 0 aliphatic carbocycles. The molecule has 3 aromatic carbocycles. The van der Waals surface area contributed by atoms with Crippen molar-refractivity contribution in [1.82, 2.24) is 4.98 Å². The SMILES string of the molecule is N#Cc1ccc(-c2ccc(Cl)c(Cl)c2)nc1SC1CC(=O)N(c2ccc(C(=O)OCC(=O)c3ccc(F)cc3)cc2)C1=O. The number of ether oxygens (including phenoxy) is 1. The summed E-state index contributed by atoms with van der Waals surface area (Å²) in [6.07, 6.45) is -0.123. The summed E-state index contributed by atoms with van der Waals surface area (Å²) < 4.78 is 18.1. The predicted molar refractivity (Wildman–Crippen MR) is 159 cm³/mol. The molecule has 214 valence electrons. The fourth-order valence-corrected chi connectivity index (χ4v) is 5.61. The largest absolute Gasteiger partial charge is 0.454 e. The van der Waals surface area contributed by atoms with Crippen molar-refractivity contribution in [2.75, 3.05) is 11.5 Å². The molecular weight excluding hydrogens is 616 g/mol. The summed E-state index contributed by atoms with van der Waals surface area (Å²) in [4.78, 5) is 56.4. The number of Topliss-reactive ketones (excluding diaryl/α,β-unsaturated/α-hetero) is 1. The van der Waals surface area contributed by atoms with E-state index >= 15 is 0 Å². The van der Waals surface area contributed by atoms with E-state index in [1.807, 2.05) is 0 Å². The maximum atomic E-state index is 13.3. The second-order valence-electron chi connectivity index (χ2n) is 9.22. The Balaban J connectivity index is 1.26. The number of amides is 2. The van der Waals surface area contributed by atoms with Gasteiger partial charge in [-0.15, -0.1) is 0 Å². The van der Waals surface area contributed by atoms with Gasteiger partial charge in [0.25, 0.3) is 0 Å². The number of nitriles is 1. The lowest BCUT2D eigenvalue weighted by molar-refractivity contribution is -0.121. The number of thioether (sulfide) groups is 1. The van der Waals surface area contributed by atoms with Crippen molar-refractivity contribution in [2.24, 2.45) is 0 Å². The molecule has 0 radical (unpaired) electrons. The van der Waals surface area contributed by atoms with Crippen LogP contribution in [0.25, 0.3) is 11.3 Å². The predicted octanol–water partition coefficient (Wildman–Crippen LogP) is 6.53. The van der Waals surface area contributed by atoms with Gasteiger partial charge in [-0.2, -0.15) is 5.26 Å². The second kappa shape index (κ2) is 12.8. The Kier molecular flexibility index (Phi) is 8.87. The molecular formula is C31H18Cl2FN3O5S. The average molecular weight is 634 g/mol. The van der Waals surface area contributed by atoms with E-state index in [9.17, 15) is 28.8 Å². The third kappa shape index (κ3) is 6.60. The highest BCUT2D eigenvalue weighted by molar-refractivity contribution is 8.00. The molecule has 1 aliphatic rings. The van der Waals surface area contributed by atoms with Gasteiger partial charge in [0.15, 0.2) is 12.4 Å². The summed E-state index contributed by atoms with van der Waals surface area (Å²) in [6.45, 7) is -0.542. The van der Waals surface area contributed by atoms with Crippen molar-refractivity contribution in [3.8, 4) is 17.3 Å². The first-order valence-corrected chi connectivity index (χ1v) is 14.2. The number of anilines is 1. The Labute approximate surface area is 259 Å². The summed E-state index contributed by atoms with van der Waals surface area (Å²) in [6, 6.07) is 20.7. The number of ketones is 1. The van der Waals surface area contributed by atoms with E-state index in [1.165, 1.54) is 36.4 Å². The van der Waals surface area contributed by atoms with Crippen LogP contribution < -0.4 is 4.90 Å². The number of halogens is 3. The van der Waals surface area contributed by atoms with Gasteiger partial charge in [0.05, 0.1) is 37.8 Å². The molecule has 12 heteroatoms. The molecule has 0 saturated carbocycles. The van der Waals surface area contributed by atoms with Crippen LogP contribution in [0.4, 0.5) is 10.1 Å². The minimum Gasteiger partial charge on any atom is -0.454 e. The van der Waals surface area contributed by atoms with E-state index in [2.05, 4.69) is 11.1 Å². The van der Waals surface area contributed by atoms with Crippen molar-refractivity contribution in [3.05, 3.63) is 111 Å². The zero-order valence-corrected chi connectivity index (χ0v) is 24.3. The molecule has 1 saturated heterocycles. The number of benzene rings is 3. The second-order valence-corrected chi connectivity index (χ2v) is 11.2. The molecule has 1 unspecified atom stereocenters.